The van der Waals surface area contributed by atoms with Gasteiger partial charge in [-0.15, -0.1) is 0 Å². The lowest BCUT2D eigenvalue weighted by molar-refractivity contribution is -0.171. The van der Waals surface area contributed by atoms with E-state index in [0.717, 1.165) is 24.8 Å². The molecule has 5 fully saturated rings. The summed E-state index contributed by atoms with van der Waals surface area (Å²) in [6, 6.07) is 0. The summed E-state index contributed by atoms with van der Waals surface area (Å²) < 4.78 is 19.2. The van der Waals surface area contributed by atoms with Crippen molar-refractivity contribution in [2.45, 2.75) is 102 Å². The molecule has 1 aliphatic heterocycles. The minimum Gasteiger partial charge on any atom is -0.393 e. The van der Waals surface area contributed by atoms with Gasteiger partial charge in [0.2, 0.25) is 0 Å². The Kier molecular flexibility index (Phi) is 6.27. The summed E-state index contributed by atoms with van der Waals surface area (Å²) in [5.41, 5.74) is 0.780. The first-order valence-corrected chi connectivity index (χ1v) is 14.5. The van der Waals surface area contributed by atoms with Crippen molar-refractivity contribution in [3.63, 3.8) is 0 Å². The third-order valence-electron chi connectivity index (χ3n) is 10.5. The molecule has 5 heteroatoms. The average Bonchev–Trinajstić information content (AvgIpc) is 3.30. The Hall–Kier alpha value is -1.53. The smallest absolute Gasteiger partial charge is 0.193 e. The fourth-order valence-electron chi connectivity index (χ4n) is 8.48. The standard InChI is InChI=1S/C32H44O5/c1-19-13-14-31(5)21(15-19)10-11-22-23-16-27-32(24(23)17-25(33)29(22)31,26(34)18-35-30(2,3)4)37-28(36-27)12-9-20-7-6-8-20/h9,12-15,20,22-25,27-29,33H,1,6-8,10-11,16-18H2,2-5H3/b12-9+/t22-,23-,24?,25-,27+,28+,29+,31-,32+/m0/s1. The van der Waals surface area contributed by atoms with Gasteiger partial charge in [-0.2, -0.15) is 0 Å². The molecule has 1 unspecified atom stereocenters. The molecule has 0 spiro atoms. The fourth-order valence-corrected chi connectivity index (χ4v) is 8.48. The lowest BCUT2D eigenvalue weighted by atomic mass is 9.49. The van der Waals surface area contributed by atoms with Crippen LogP contribution >= 0.6 is 0 Å². The second-order valence-corrected chi connectivity index (χ2v) is 13.7. The number of ether oxygens (including phenoxy) is 3. The van der Waals surface area contributed by atoms with Crippen molar-refractivity contribution in [3.8, 4) is 0 Å². The molecule has 4 saturated carbocycles. The normalized spacial score (nSPS) is 45.2. The predicted molar refractivity (Wildman–Crippen MR) is 143 cm³/mol. The van der Waals surface area contributed by atoms with Crippen molar-refractivity contribution >= 4 is 5.78 Å². The van der Waals surface area contributed by atoms with Gasteiger partial charge in [0.1, 0.15) is 6.61 Å². The van der Waals surface area contributed by atoms with Crippen molar-refractivity contribution in [1.82, 2.24) is 0 Å². The molecule has 202 valence electrons. The molecule has 0 aromatic heterocycles. The summed E-state index contributed by atoms with van der Waals surface area (Å²) in [6.07, 6.45) is 16.6. The molecule has 1 N–H and O–H groups in total. The number of carbonyl (C=O) groups is 1. The van der Waals surface area contributed by atoms with Gasteiger partial charge in [-0.3, -0.25) is 4.79 Å². The molecule has 5 nitrogen and oxygen atoms in total. The number of aliphatic hydroxyl groups excluding tert-OH is 1. The van der Waals surface area contributed by atoms with Crippen LogP contribution in [0.25, 0.3) is 0 Å². The van der Waals surface area contributed by atoms with Crippen molar-refractivity contribution in [2.75, 3.05) is 6.61 Å². The van der Waals surface area contributed by atoms with E-state index >= 15 is 0 Å². The summed E-state index contributed by atoms with van der Waals surface area (Å²) in [4.78, 5) is 14.0. The number of Topliss-reactive ketones (excluding diaryl/α,β-unsaturated/α-hetero) is 1. The van der Waals surface area contributed by atoms with Crippen LogP contribution < -0.4 is 0 Å². The SMILES string of the molecule is C=C1C=C[C@@]2(C)C(=C1)CC[C@@H]1[C@@H]2[C@@H](O)CC2[C@H]1C[C@H]1O[C@@H](/C=C/C3CCC3)O[C@@]21C(=O)COC(C)(C)C. The van der Waals surface area contributed by atoms with Gasteiger partial charge in [0.15, 0.2) is 17.7 Å². The molecule has 0 aromatic carbocycles. The first-order valence-electron chi connectivity index (χ1n) is 14.5. The van der Waals surface area contributed by atoms with Gasteiger partial charge in [-0.25, -0.2) is 0 Å². The zero-order valence-electron chi connectivity index (χ0n) is 22.9. The number of fused-ring (bicyclic) bond motifs is 7. The molecule has 6 rings (SSSR count). The van der Waals surface area contributed by atoms with Crippen LogP contribution in [0.15, 0.2) is 48.1 Å². The lowest BCUT2D eigenvalue weighted by Crippen LogP contribution is -2.58. The van der Waals surface area contributed by atoms with Crippen molar-refractivity contribution < 1.29 is 24.1 Å². The van der Waals surface area contributed by atoms with Crippen LogP contribution in [0.5, 0.6) is 0 Å². The Labute approximate surface area is 222 Å². The Balaban J connectivity index is 1.31. The van der Waals surface area contributed by atoms with Crippen molar-refractivity contribution in [2.24, 2.45) is 35.0 Å². The largest absolute Gasteiger partial charge is 0.393 e. The highest BCUT2D eigenvalue weighted by Crippen LogP contribution is 2.65. The van der Waals surface area contributed by atoms with Gasteiger partial charge in [-0.05, 0) is 88.7 Å². The Bertz CT molecular complexity index is 1040. The predicted octanol–water partition coefficient (Wildman–Crippen LogP) is 5.69. The van der Waals surface area contributed by atoms with Gasteiger partial charge in [0.05, 0.1) is 17.8 Å². The van der Waals surface area contributed by atoms with E-state index in [2.05, 4.69) is 37.8 Å². The monoisotopic (exact) mass is 508 g/mol. The molecule has 0 amide bonds. The number of hydrogen-bond donors (Lipinski definition) is 1. The van der Waals surface area contributed by atoms with Crippen LogP contribution in [-0.4, -0.2) is 47.2 Å². The Morgan fingerprint density at radius 3 is 2.70 bits per heavy atom. The first-order chi connectivity index (χ1) is 17.5. The molecule has 9 atom stereocenters. The van der Waals surface area contributed by atoms with Crippen molar-refractivity contribution in [3.05, 3.63) is 48.1 Å². The molecular formula is C32H44O5. The summed E-state index contributed by atoms with van der Waals surface area (Å²) in [7, 11) is 0. The van der Waals surface area contributed by atoms with Crippen LogP contribution in [-0.2, 0) is 19.0 Å². The molecule has 37 heavy (non-hydrogen) atoms. The highest BCUT2D eigenvalue weighted by molar-refractivity contribution is 5.90. The second-order valence-electron chi connectivity index (χ2n) is 13.7. The molecule has 0 aromatic rings. The summed E-state index contributed by atoms with van der Waals surface area (Å²) in [5, 5.41) is 11.7. The Morgan fingerprint density at radius 1 is 1.22 bits per heavy atom. The molecule has 5 aliphatic carbocycles. The molecule has 1 saturated heterocycles. The summed E-state index contributed by atoms with van der Waals surface area (Å²) in [6.45, 7) is 12.3. The van der Waals surface area contributed by atoms with Crippen LogP contribution in [0.2, 0.25) is 0 Å². The minimum atomic E-state index is -1.05. The first kappa shape index (κ1) is 25.7. The molecule has 6 aliphatic rings. The quantitative estimate of drug-likeness (QED) is 0.483. The van der Waals surface area contributed by atoms with E-state index in [0.29, 0.717) is 18.3 Å². The third kappa shape index (κ3) is 4.16. The van der Waals surface area contributed by atoms with E-state index in [-0.39, 0.29) is 41.7 Å². The van der Waals surface area contributed by atoms with E-state index in [9.17, 15) is 9.90 Å². The maximum absolute atomic E-state index is 14.0. The van der Waals surface area contributed by atoms with E-state index < -0.39 is 23.6 Å². The highest BCUT2D eigenvalue weighted by atomic mass is 16.7. The van der Waals surface area contributed by atoms with Gasteiger partial charge in [0.25, 0.3) is 0 Å². The van der Waals surface area contributed by atoms with Crippen LogP contribution in [0.4, 0.5) is 0 Å². The summed E-state index contributed by atoms with van der Waals surface area (Å²) in [5.74, 6) is 1.24. The molecule has 0 radical (unpaired) electrons. The molecular weight excluding hydrogens is 464 g/mol. The number of aliphatic hydroxyl groups is 1. The van der Waals surface area contributed by atoms with E-state index in [4.69, 9.17) is 14.2 Å². The van der Waals surface area contributed by atoms with Gasteiger partial charge >= 0.3 is 0 Å². The highest BCUT2D eigenvalue weighted by Gasteiger charge is 2.70. The van der Waals surface area contributed by atoms with Gasteiger partial charge in [0, 0.05) is 17.3 Å². The van der Waals surface area contributed by atoms with E-state index in [1.165, 1.54) is 24.8 Å². The van der Waals surface area contributed by atoms with Crippen molar-refractivity contribution in [1.29, 1.82) is 0 Å². The van der Waals surface area contributed by atoms with Gasteiger partial charge < -0.3 is 19.3 Å². The van der Waals surface area contributed by atoms with Crippen LogP contribution in [0.3, 0.4) is 0 Å². The maximum atomic E-state index is 14.0. The number of carbonyl (C=O) groups excluding carboxylic acids is 1. The Morgan fingerprint density at radius 2 is 2.00 bits per heavy atom. The minimum absolute atomic E-state index is 0.00524. The zero-order chi connectivity index (χ0) is 26.2. The number of allylic oxidation sites excluding steroid dienone is 6. The average molecular weight is 509 g/mol. The van der Waals surface area contributed by atoms with Crippen LogP contribution in [0.1, 0.15) is 72.6 Å². The molecule has 0 bridgehead atoms. The topological polar surface area (TPSA) is 65.0 Å². The second kappa shape index (κ2) is 9.01. The van der Waals surface area contributed by atoms with E-state index in [1.807, 2.05) is 26.8 Å². The maximum Gasteiger partial charge on any atom is 0.193 e. The molecule has 1 heterocycles. The third-order valence-corrected chi connectivity index (χ3v) is 10.5. The summed E-state index contributed by atoms with van der Waals surface area (Å²) >= 11 is 0. The fraction of sp³-hybridized carbons (Fsp3) is 0.719. The van der Waals surface area contributed by atoms with E-state index in [1.54, 1.807) is 0 Å². The number of rotatable bonds is 5. The number of ketones is 1. The van der Waals surface area contributed by atoms with Gasteiger partial charge in [-0.1, -0.05) is 49.8 Å². The lowest BCUT2D eigenvalue weighted by Gasteiger charge is -2.56. The zero-order valence-corrected chi connectivity index (χ0v) is 22.9. The number of hydrogen-bond acceptors (Lipinski definition) is 5. The van der Waals surface area contributed by atoms with Crippen LogP contribution in [0, 0.1) is 35.0 Å².